The summed E-state index contributed by atoms with van der Waals surface area (Å²) in [5, 5.41) is 4.52. The van der Waals surface area contributed by atoms with Gasteiger partial charge in [-0.15, -0.1) is 0 Å². The predicted molar refractivity (Wildman–Crippen MR) is 87.9 cm³/mol. The van der Waals surface area contributed by atoms with E-state index in [4.69, 9.17) is 0 Å². The molecule has 1 unspecified atom stereocenters. The highest BCUT2D eigenvalue weighted by molar-refractivity contribution is 9.10. The van der Waals surface area contributed by atoms with Gasteiger partial charge < -0.3 is 4.90 Å². The number of hydrogen-bond donors (Lipinski definition) is 0. The lowest BCUT2D eigenvalue weighted by atomic mass is 9.89. The van der Waals surface area contributed by atoms with E-state index < -0.39 is 0 Å². The summed E-state index contributed by atoms with van der Waals surface area (Å²) in [6.45, 7) is 8.14. The van der Waals surface area contributed by atoms with Crippen molar-refractivity contribution in [3.05, 3.63) is 15.9 Å². The fourth-order valence-electron chi connectivity index (χ4n) is 3.06. The first kappa shape index (κ1) is 16.5. The molecule has 1 fully saturated rings. The summed E-state index contributed by atoms with van der Waals surface area (Å²) in [6, 6.07) is 0. The second-order valence-electron chi connectivity index (χ2n) is 6.33. The number of amides is 1. The van der Waals surface area contributed by atoms with Crippen molar-refractivity contribution in [1.82, 2.24) is 14.7 Å². The topological polar surface area (TPSA) is 38.1 Å². The number of nitrogens with zero attached hydrogens (tertiary/aromatic N) is 3. The molecule has 4 nitrogen and oxygen atoms in total. The number of likely N-dealkylation sites (tertiary alicyclic amines) is 1. The molecule has 1 amide bonds. The number of hydrogen-bond acceptors (Lipinski definition) is 2. The Morgan fingerprint density at radius 2 is 2.10 bits per heavy atom. The van der Waals surface area contributed by atoms with Crippen molar-refractivity contribution in [3.63, 3.8) is 0 Å². The molecule has 0 N–H and O–H groups in total. The molecule has 1 aliphatic heterocycles. The van der Waals surface area contributed by atoms with Gasteiger partial charge in [-0.05, 0) is 47.0 Å². The first-order valence-electron chi connectivity index (χ1n) is 7.92. The largest absolute Gasteiger partial charge is 0.337 e. The Morgan fingerprint density at radius 3 is 2.67 bits per heavy atom. The van der Waals surface area contributed by atoms with Gasteiger partial charge in [0.2, 0.25) is 5.91 Å². The Morgan fingerprint density at radius 1 is 1.38 bits per heavy atom. The lowest BCUT2D eigenvalue weighted by Crippen LogP contribution is -2.30. The summed E-state index contributed by atoms with van der Waals surface area (Å²) in [5.41, 5.74) is 2.16. The standard InChI is InChI=1S/C16H26BrN3O/c1-5-13-16(17)14(19(4)18-13)10-20-9-8-12(11(2)3)6-7-15(20)21/h11-12H,5-10H2,1-4H3. The number of rotatable bonds is 4. The second-order valence-corrected chi connectivity index (χ2v) is 7.12. The highest BCUT2D eigenvalue weighted by atomic mass is 79.9. The molecule has 0 saturated carbocycles. The minimum atomic E-state index is 0.282. The third kappa shape index (κ3) is 3.68. The van der Waals surface area contributed by atoms with E-state index in [1.165, 1.54) is 0 Å². The van der Waals surface area contributed by atoms with E-state index >= 15 is 0 Å². The van der Waals surface area contributed by atoms with E-state index in [0.717, 1.165) is 41.7 Å². The Balaban J connectivity index is 2.12. The Hall–Kier alpha value is -0.840. The van der Waals surface area contributed by atoms with Crippen LogP contribution in [0.3, 0.4) is 0 Å². The highest BCUT2D eigenvalue weighted by Crippen LogP contribution is 2.28. The molecule has 1 atom stereocenters. The van der Waals surface area contributed by atoms with Gasteiger partial charge in [-0.3, -0.25) is 9.48 Å². The first-order valence-corrected chi connectivity index (χ1v) is 8.71. The minimum Gasteiger partial charge on any atom is -0.337 e. The quantitative estimate of drug-likeness (QED) is 0.828. The van der Waals surface area contributed by atoms with Gasteiger partial charge in [0, 0.05) is 20.0 Å². The van der Waals surface area contributed by atoms with E-state index in [2.05, 4.69) is 41.8 Å². The van der Waals surface area contributed by atoms with Gasteiger partial charge in [-0.25, -0.2) is 0 Å². The van der Waals surface area contributed by atoms with E-state index in [-0.39, 0.29) is 5.91 Å². The van der Waals surface area contributed by atoms with Gasteiger partial charge in [0.05, 0.1) is 22.4 Å². The molecular formula is C16H26BrN3O. The first-order chi connectivity index (χ1) is 9.93. The number of carbonyl (C=O) groups excluding carboxylic acids is 1. The van der Waals surface area contributed by atoms with Crippen molar-refractivity contribution in [3.8, 4) is 0 Å². The molecule has 2 rings (SSSR count). The second kappa shape index (κ2) is 6.95. The predicted octanol–water partition coefficient (Wildman–Crippen LogP) is 3.53. The summed E-state index contributed by atoms with van der Waals surface area (Å²) >= 11 is 3.64. The van der Waals surface area contributed by atoms with Gasteiger partial charge in [-0.1, -0.05) is 20.8 Å². The number of halogens is 1. The molecule has 0 bridgehead atoms. The molecule has 21 heavy (non-hydrogen) atoms. The normalized spacial score (nSPS) is 20.2. The smallest absolute Gasteiger partial charge is 0.222 e. The molecule has 1 saturated heterocycles. The van der Waals surface area contributed by atoms with Crippen molar-refractivity contribution in [2.75, 3.05) is 6.54 Å². The third-order valence-electron chi connectivity index (χ3n) is 4.64. The van der Waals surface area contributed by atoms with Gasteiger partial charge in [-0.2, -0.15) is 5.10 Å². The van der Waals surface area contributed by atoms with Crippen LogP contribution in [0.15, 0.2) is 4.47 Å². The summed E-state index contributed by atoms with van der Waals surface area (Å²) < 4.78 is 2.96. The molecule has 0 radical (unpaired) electrons. The van der Waals surface area contributed by atoms with Crippen molar-refractivity contribution in [2.45, 2.75) is 53.0 Å². The Kier molecular flexibility index (Phi) is 5.47. The van der Waals surface area contributed by atoms with Crippen LogP contribution in [0.4, 0.5) is 0 Å². The molecule has 1 aliphatic rings. The van der Waals surface area contributed by atoms with Crippen molar-refractivity contribution in [1.29, 1.82) is 0 Å². The Bertz CT molecular complexity index is 510. The number of carbonyl (C=O) groups is 1. The van der Waals surface area contributed by atoms with Crippen LogP contribution in [-0.4, -0.2) is 27.1 Å². The zero-order chi connectivity index (χ0) is 15.6. The van der Waals surface area contributed by atoms with Crippen molar-refractivity contribution in [2.24, 2.45) is 18.9 Å². The molecule has 1 aromatic heterocycles. The van der Waals surface area contributed by atoms with Gasteiger partial charge >= 0.3 is 0 Å². The van der Waals surface area contributed by atoms with Crippen LogP contribution in [0.5, 0.6) is 0 Å². The van der Waals surface area contributed by atoms with Gasteiger partial charge in [0.25, 0.3) is 0 Å². The summed E-state index contributed by atoms with van der Waals surface area (Å²) in [7, 11) is 1.96. The van der Waals surface area contributed by atoms with Crippen LogP contribution in [-0.2, 0) is 24.8 Å². The van der Waals surface area contributed by atoms with E-state index in [1.807, 2.05) is 16.6 Å². The van der Waals surface area contributed by atoms with Crippen LogP contribution in [0.25, 0.3) is 0 Å². The lowest BCUT2D eigenvalue weighted by molar-refractivity contribution is -0.131. The monoisotopic (exact) mass is 355 g/mol. The maximum atomic E-state index is 12.4. The summed E-state index contributed by atoms with van der Waals surface area (Å²) in [6.07, 6.45) is 3.72. The molecule has 1 aromatic rings. The molecule has 118 valence electrons. The molecule has 2 heterocycles. The molecule has 5 heteroatoms. The zero-order valence-corrected chi connectivity index (χ0v) is 15.1. The lowest BCUT2D eigenvalue weighted by Gasteiger charge is -2.22. The molecular weight excluding hydrogens is 330 g/mol. The van der Waals surface area contributed by atoms with Crippen LogP contribution in [0, 0.1) is 11.8 Å². The SMILES string of the molecule is CCc1nn(C)c(CN2CCC(C(C)C)CCC2=O)c1Br. The average molecular weight is 356 g/mol. The van der Waals surface area contributed by atoms with Crippen LogP contribution in [0.2, 0.25) is 0 Å². The highest BCUT2D eigenvalue weighted by Gasteiger charge is 2.26. The fraction of sp³-hybridized carbons (Fsp3) is 0.750. The molecule has 0 aromatic carbocycles. The van der Waals surface area contributed by atoms with Gasteiger partial charge in [0.15, 0.2) is 0 Å². The maximum Gasteiger partial charge on any atom is 0.222 e. The van der Waals surface area contributed by atoms with E-state index in [1.54, 1.807) is 0 Å². The van der Waals surface area contributed by atoms with Crippen LogP contribution < -0.4 is 0 Å². The van der Waals surface area contributed by atoms with Crippen molar-refractivity contribution < 1.29 is 4.79 Å². The summed E-state index contributed by atoms with van der Waals surface area (Å²) in [5.74, 6) is 1.61. The maximum absolute atomic E-state index is 12.4. The van der Waals surface area contributed by atoms with Gasteiger partial charge in [0.1, 0.15) is 0 Å². The zero-order valence-electron chi connectivity index (χ0n) is 13.5. The summed E-state index contributed by atoms with van der Waals surface area (Å²) in [4.78, 5) is 14.4. The third-order valence-corrected chi connectivity index (χ3v) is 5.55. The van der Waals surface area contributed by atoms with Crippen molar-refractivity contribution >= 4 is 21.8 Å². The molecule has 0 spiro atoms. The van der Waals surface area contributed by atoms with Crippen LogP contribution in [0.1, 0.15) is 51.4 Å². The average Bonchev–Trinajstić information content (AvgIpc) is 2.60. The molecule has 0 aliphatic carbocycles. The number of aryl methyl sites for hydroxylation is 2. The minimum absolute atomic E-state index is 0.282. The fourth-order valence-corrected chi connectivity index (χ4v) is 3.81. The Labute approximate surface area is 136 Å². The van der Waals surface area contributed by atoms with E-state index in [0.29, 0.717) is 24.8 Å². The van der Waals surface area contributed by atoms with Crippen LogP contribution >= 0.6 is 15.9 Å². The number of aromatic nitrogens is 2. The van der Waals surface area contributed by atoms with E-state index in [9.17, 15) is 4.79 Å².